The third kappa shape index (κ3) is 4.16. The van der Waals surface area contributed by atoms with Crippen LogP contribution >= 0.6 is 11.3 Å². The fraction of sp³-hybridized carbons (Fsp3) is 0.364. The van der Waals surface area contributed by atoms with Crippen LogP contribution < -0.4 is 0 Å². The molecule has 1 N–H and O–H groups in total. The molecule has 1 aromatic heterocycles. The van der Waals surface area contributed by atoms with Gasteiger partial charge in [0.05, 0.1) is 24.8 Å². The fourth-order valence-corrected chi connectivity index (χ4v) is 4.75. The summed E-state index contributed by atoms with van der Waals surface area (Å²) in [6, 6.07) is 8.31. The molecule has 0 spiro atoms. The number of halogens is 1. The standard InChI is InChI=1S/C22H23FN2O4S/c23-16-6-4-15(5-7-16)20(26)18-19(17-3-1-14-30-17)25(22(28)21(18)27)9-2-8-24-10-12-29-13-11-24/h1,3-7,14,19,26H,2,8-13H2/b20-18-. The van der Waals surface area contributed by atoms with E-state index in [1.165, 1.54) is 35.6 Å². The monoisotopic (exact) mass is 430 g/mol. The summed E-state index contributed by atoms with van der Waals surface area (Å²) in [6.45, 7) is 4.34. The number of ketones is 1. The van der Waals surface area contributed by atoms with Crippen molar-refractivity contribution in [3.8, 4) is 0 Å². The van der Waals surface area contributed by atoms with Crippen LogP contribution in [0.2, 0.25) is 0 Å². The van der Waals surface area contributed by atoms with Crippen LogP contribution in [0.3, 0.4) is 0 Å². The maximum absolute atomic E-state index is 13.3. The number of rotatable bonds is 6. The Bertz CT molecular complexity index is 937. The number of amides is 1. The zero-order valence-corrected chi connectivity index (χ0v) is 17.2. The van der Waals surface area contributed by atoms with Crippen molar-refractivity contribution in [1.29, 1.82) is 0 Å². The van der Waals surface area contributed by atoms with Gasteiger partial charge < -0.3 is 14.7 Å². The largest absolute Gasteiger partial charge is 0.507 e. The van der Waals surface area contributed by atoms with E-state index >= 15 is 0 Å². The van der Waals surface area contributed by atoms with E-state index in [2.05, 4.69) is 4.90 Å². The number of aliphatic hydroxyl groups is 1. The average molecular weight is 431 g/mol. The number of carbonyl (C=O) groups is 2. The second kappa shape index (κ2) is 9.07. The normalized spacial score (nSPS) is 22.0. The summed E-state index contributed by atoms with van der Waals surface area (Å²) in [5, 5.41) is 12.7. The Labute approximate surface area is 178 Å². The van der Waals surface area contributed by atoms with Crippen LogP contribution in [0.4, 0.5) is 4.39 Å². The van der Waals surface area contributed by atoms with Crippen molar-refractivity contribution in [1.82, 2.24) is 9.80 Å². The first kappa shape index (κ1) is 20.7. The lowest BCUT2D eigenvalue weighted by molar-refractivity contribution is -0.140. The van der Waals surface area contributed by atoms with Crippen LogP contribution in [-0.2, 0) is 14.3 Å². The van der Waals surface area contributed by atoms with Crippen LogP contribution in [0, 0.1) is 5.82 Å². The molecule has 1 amide bonds. The summed E-state index contributed by atoms with van der Waals surface area (Å²) in [7, 11) is 0. The number of hydrogen-bond donors (Lipinski definition) is 1. The third-order valence-electron chi connectivity index (χ3n) is 5.45. The van der Waals surface area contributed by atoms with Gasteiger partial charge in [-0.3, -0.25) is 14.5 Å². The van der Waals surface area contributed by atoms with E-state index in [-0.39, 0.29) is 11.3 Å². The molecule has 0 aliphatic carbocycles. The van der Waals surface area contributed by atoms with E-state index in [4.69, 9.17) is 4.74 Å². The number of hydrogen-bond acceptors (Lipinski definition) is 6. The molecule has 2 aliphatic heterocycles. The van der Waals surface area contributed by atoms with Gasteiger partial charge in [0, 0.05) is 36.6 Å². The van der Waals surface area contributed by atoms with Crippen molar-refractivity contribution in [2.24, 2.45) is 0 Å². The molecule has 1 aromatic carbocycles. The Morgan fingerprint density at radius 3 is 2.53 bits per heavy atom. The van der Waals surface area contributed by atoms with Crippen molar-refractivity contribution in [3.63, 3.8) is 0 Å². The molecular formula is C22H23FN2O4S. The summed E-state index contributed by atoms with van der Waals surface area (Å²) in [5.74, 6) is -2.03. The highest BCUT2D eigenvalue weighted by molar-refractivity contribution is 7.10. The fourth-order valence-electron chi connectivity index (χ4n) is 3.91. The Hall–Kier alpha value is -2.55. The zero-order chi connectivity index (χ0) is 21.1. The molecule has 2 aromatic rings. The Morgan fingerprint density at radius 1 is 1.13 bits per heavy atom. The number of aliphatic hydroxyl groups excluding tert-OH is 1. The number of morpholine rings is 1. The molecular weight excluding hydrogens is 407 g/mol. The van der Waals surface area contributed by atoms with Crippen LogP contribution in [-0.4, -0.2) is 66.0 Å². The van der Waals surface area contributed by atoms with Gasteiger partial charge in [0.2, 0.25) is 0 Å². The number of thiophene rings is 1. The Kier molecular flexibility index (Phi) is 6.26. The number of nitrogens with zero attached hydrogens (tertiary/aromatic N) is 2. The highest BCUT2D eigenvalue weighted by atomic mass is 32.1. The number of ether oxygens (including phenoxy) is 1. The zero-order valence-electron chi connectivity index (χ0n) is 16.4. The minimum atomic E-state index is -0.707. The molecule has 6 nitrogen and oxygen atoms in total. The maximum Gasteiger partial charge on any atom is 0.295 e. The highest BCUT2D eigenvalue weighted by Crippen LogP contribution is 2.41. The molecule has 2 fully saturated rings. The van der Waals surface area contributed by atoms with E-state index in [1.54, 1.807) is 4.90 Å². The number of carbonyl (C=O) groups excluding carboxylic acids is 2. The average Bonchev–Trinajstić information content (AvgIpc) is 3.37. The predicted molar refractivity (Wildman–Crippen MR) is 112 cm³/mol. The van der Waals surface area contributed by atoms with Crippen molar-refractivity contribution in [2.75, 3.05) is 39.4 Å². The van der Waals surface area contributed by atoms with Crippen LogP contribution in [0.15, 0.2) is 47.4 Å². The molecule has 0 bridgehead atoms. The quantitative estimate of drug-likeness (QED) is 0.433. The van der Waals surface area contributed by atoms with Crippen LogP contribution in [0.25, 0.3) is 5.76 Å². The van der Waals surface area contributed by atoms with Gasteiger partial charge in [0.25, 0.3) is 11.7 Å². The van der Waals surface area contributed by atoms with E-state index in [9.17, 15) is 19.1 Å². The van der Waals surface area contributed by atoms with E-state index < -0.39 is 23.5 Å². The van der Waals surface area contributed by atoms with Gasteiger partial charge >= 0.3 is 0 Å². The van der Waals surface area contributed by atoms with Crippen LogP contribution in [0.1, 0.15) is 22.9 Å². The number of likely N-dealkylation sites (tertiary alicyclic amines) is 1. The van der Waals surface area contributed by atoms with Crippen LogP contribution in [0.5, 0.6) is 0 Å². The van der Waals surface area contributed by atoms with Crippen molar-refractivity contribution >= 4 is 28.8 Å². The summed E-state index contributed by atoms with van der Waals surface area (Å²) in [4.78, 5) is 30.3. The number of Topliss-reactive ketones (excluding diaryl/α,β-unsaturated/α-hetero) is 1. The first-order valence-corrected chi connectivity index (χ1v) is 10.8. The third-order valence-corrected chi connectivity index (χ3v) is 6.37. The SMILES string of the molecule is O=C1C(=O)N(CCCN2CCOCC2)C(c2cccs2)/C1=C(/O)c1ccc(F)cc1. The summed E-state index contributed by atoms with van der Waals surface area (Å²) in [5.41, 5.74) is 0.365. The van der Waals surface area contributed by atoms with Gasteiger partial charge in [0.15, 0.2) is 0 Å². The van der Waals surface area contributed by atoms with E-state index in [1.807, 2.05) is 17.5 Å². The smallest absolute Gasteiger partial charge is 0.295 e. The van der Waals surface area contributed by atoms with Crippen molar-refractivity contribution < 1.29 is 23.8 Å². The minimum Gasteiger partial charge on any atom is -0.507 e. The molecule has 0 saturated carbocycles. The summed E-state index contributed by atoms with van der Waals surface area (Å²) < 4.78 is 18.6. The molecule has 2 saturated heterocycles. The lowest BCUT2D eigenvalue weighted by atomic mass is 10.00. The summed E-state index contributed by atoms with van der Waals surface area (Å²) >= 11 is 1.43. The predicted octanol–water partition coefficient (Wildman–Crippen LogP) is 3.03. The number of benzene rings is 1. The maximum atomic E-state index is 13.3. The molecule has 1 unspecified atom stereocenters. The van der Waals surface area contributed by atoms with Gasteiger partial charge in [0.1, 0.15) is 11.6 Å². The van der Waals surface area contributed by atoms with Gasteiger partial charge in [-0.05, 0) is 42.1 Å². The first-order chi connectivity index (χ1) is 14.6. The second-order valence-electron chi connectivity index (χ2n) is 7.32. The minimum absolute atomic E-state index is 0.0560. The van der Waals surface area contributed by atoms with Gasteiger partial charge in [-0.2, -0.15) is 0 Å². The van der Waals surface area contributed by atoms with Gasteiger partial charge in [-0.1, -0.05) is 6.07 Å². The first-order valence-electron chi connectivity index (χ1n) is 9.94. The molecule has 3 heterocycles. The van der Waals surface area contributed by atoms with Gasteiger partial charge in [-0.15, -0.1) is 11.3 Å². The lowest BCUT2D eigenvalue weighted by Crippen LogP contribution is -2.38. The van der Waals surface area contributed by atoms with E-state index in [0.717, 1.165) is 24.5 Å². The Balaban J connectivity index is 1.61. The second-order valence-corrected chi connectivity index (χ2v) is 8.30. The summed E-state index contributed by atoms with van der Waals surface area (Å²) in [6.07, 6.45) is 0.714. The Morgan fingerprint density at radius 2 is 1.87 bits per heavy atom. The molecule has 2 aliphatic rings. The molecule has 0 radical (unpaired) electrons. The molecule has 30 heavy (non-hydrogen) atoms. The van der Waals surface area contributed by atoms with Gasteiger partial charge in [-0.25, -0.2) is 4.39 Å². The topological polar surface area (TPSA) is 70.1 Å². The molecule has 4 rings (SSSR count). The van der Waals surface area contributed by atoms with E-state index in [0.29, 0.717) is 31.7 Å². The molecule has 158 valence electrons. The van der Waals surface area contributed by atoms with Crippen molar-refractivity contribution in [3.05, 3.63) is 63.6 Å². The lowest BCUT2D eigenvalue weighted by Gasteiger charge is -2.28. The van der Waals surface area contributed by atoms with Crippen molar-refractivity contribution in [2.45, 2.75) is 12.5 Å². The molecule has 8 heteroatoms. The highest BCUT2D eigenvalue weighted by Gasteiger charge is 2.46. The molecule has 1 atom stereocenters.